The second-order valence-corrected chi connectivity index (χ2v) is 6.92. The first kappa shape index (κ1) is 18.4. The predicted molar refractivity (Wildman–Crippen MR) is 84.1 cm³/mol. The van der Waals surface area contributed by atoms with Gasteiger partial charge in [-0.25, -0.2) is 0 Å². The number of rotatable bonds is 8. The lowest BCUT2D eigenvalue weighted by molar-refractivity contribution is -0.129. The Bertz CT molecular complexity index is 328. The molecule has 0 aromatic rings. The van der Waals surface area contributed by atoms with Gasteiger partial charge in [0.1, 0.15) is 5.54 Å². The lowest BCUT2D eigenvalue weighted by atomic mass is 9.79. The van der Waals surface area contributed by atoms with Crippen molar-refractivity contribution in [2.24, 2.45) is 5.73 Å². The van der Waals surface area contributed by atoms with Crippen LogP contribution in [0.15, 0.2) is 0 Å². The zero-order valence-corrected chi connectivity index (χ0v) is 14.0. The minimum absolute atomic E-state index is 0.0826. The SMILES string of the molecule is CCCNC1(C(N)=O)CCCC(OCCOC(C)(C)C)C1. The molecule has 5 nitrogen and oxygen atoms in total. The van der Waals surface area contributed by atoms with Crippen molar-refractivity contribution in [2.45, 2.75) is 77.0 Å². The maximum Gasteiger partial charge on any atom is 0.237 e. The van der Waals surface area contributed by atoms with Gasteiger partial charge in [-0.05, 0) is 53.0 Å². The Balaban J connectivity index is 2.44. The molecular weight excluding hydrogens is 268 g/mol. The Morgan fingerprint density at radius 3 is 2.67 bits per heavy atom. The van der Waals surface area contributed by atoms with Crippen LogP contribution in [-0.2, 0) is 14.3 Å². The molecule has 0 heterocycles. The summed E-state index contributed by atoms with van der Waals surface area (Å²) in [6, 6.07) is 0. The van der Waals surface area contributed by atoms with E-state index in [9.17, 15) is 4.79 Å². The Kier molecular flexibility index (Phi) is 7.10. The van der Waals surface area contributed by atoms with E-state index in [1.807, 2.05) is 20.8 Å². The molecule has 21 heavy (non-hydrogen) atoms. The van der Waals surface area contributed by atoms with Gasteiger partial charge in [0, 0.05) is 6.42 Å². The number of amides is 1. The first-order valence-corrected chi connectivity index (χ1v) is 8.09. The molecule has 124 valence electrons. The third kappa shape index (κ3) is 6.32. The molecule has 1 saturated carbocycles. The Hall–Kier alpha value is -0.650. The number of nitrogens with one attached hydrogen (secondary N) is 1. The lowest BCUT2D eigenvalue weighted by Crippen LogP contribution is -2.59. The van der Waals surface area contributed by atoms with Crippen LogP contribution < -0.4 is 11.1 Å². The standard InChI is InChI=1S/C16H32N2O3/c1-5-9-18-16(14(17)19)8-6-7-13(12-16)20-10-11-21-15(2,3)4/h13,18H,5-12H2,1-4H3,(H2,17,19). The van der Waals surface area contributed by atoms with Crippen LogP contribution in [0.1, 0.15) is 59.8 Å². The van der Waals surface area contributed by atoms with Gasteiger partial charge in [0.05, 0.1) is 24.9 Å². The van der Waals surface area contributed by atoms with E-state index in [1.54, 1.807) is 0 Å². The quantitative estimate of drug-likeness (QED) is 0.672. The third-order valence-corrected chi connectivity index (χ3v) is 3.86. The molecule has 1 rings (SSSR count). The monoisotopic (exact) mass is 300 g/mol. The van der Waals surface area contributed by atoms with Crippen molar-refractivity contribution in [3.05, 3.63) is 0 Å². The normalized spacial score (nSPS) is 26.8. The number of carbonyl (C=O) groups is 1. The van der Waals surface area contributed by atoms with Gasteiger partial charge in [-0.3, -0.25) is 4.79 Å². The van der Waals surface area contributed by atoms with Crippen LogP contribution in [-0.4, -0.2) is 42.9 Å². The molecular formula is C16H32N2O3. The fourth-order valence-electron chi connectivity index (χ4n) is 2.76. The molecule has 0 aliphatic heterocycles. The second-order valence-electron chi connectivity index (χ2n) is 6.92. The minimum Gasteiger partial charge on any atom is -0.376 e. The summed E-state index contributed by atoms with van der Waals surface area (Å²) in [5.74, 6) is -0.254. The molecule has 0 spiro atoms. The smallest absolute Gasteiger partial charge is 0.237 e. The van der Waals surface area contributed by atoms with Crippen LogP contribution in [0.4, 0.5) is 0 Å². The van der Waals surface area contributed by atoms with Crippen molar-refractivity contribution >= 4 is 5.91 Å². The highest BCUT2D eigenvalue weighted by molar-refractivity contribution is 5.84. The summed E-state index contributed by atoms with van der Waals surface area (Å²) in [5.41, 5.74) is 4.90. The summed E-state index contributed by atoms with van der Waals surface area (Å²) in [7, 11) is 0. The van der Waals surface area contributed by atoms with Gasteiger partial charge in [-0.2, -0.15) is 0 Å². The fraction of sp³-hybridized carbons (Fsp3) is 0.938. The molecule has 0 aromatic carbocycles. The lowest BCUT2D eigenvalue weighted by Gasteiger charge is -2.39. The highest BCUT2D eigenvalue weighted by Gasteiger charge is 2.41. The van der Waals surface area contributed by atoms with E-state index in [-0.39, 0.29) is 17.6 Å². The molecule has 5 heteroatoms. The van der Waals surface area contributed by atoms with E-state index in [4.69, 9.17) is 15.2 Å². The van der Waals surface area contributed by atoms with Crippen LogP contribution in [0, 0.1) is 0 Å². The highest BCUT2D eigenvalue weighted by atomic mass is 16.5. The molecule has 1 aliphatic carbocycles. The summed E-state index contributed by atoms with van der Waals surface area (Å²) >= 11 is 0. The largest absolute Gasteiger partial charge is 0.376 e. The van der Waals surface area contributed by atoms with E-state index >= 15 is 0 Å². The molecule has 0 bridgehead atoms. The zero-order chi connectivity index (χ0) is 15.9. The Morgan fingerprint density at radius 2 is 2.10 bits per heavy atom. The molecule has 1 amide bonds. The maximum atomic E-state index is 11.9. The van der Waals surface area contributed by atoms with E-state index in [0.717, 1.165) is 32.2 Å². The van der Waals surface area contributed by atoms with Gasteiger partial charge < -0.3 is 20.5 Å². The first-order chi connectivity index (χ1) is 9.79. The second kappa shape index (κ2) is 8.11. The molecule has 0 aromatic heterocycles. The number of ether oxygens (including phenoxy) is 2. The van der Waals surface area contributed by atoms with E-state index in [0.29, 0.717) is 19.6 Å². The topological polar surface area (TPSA) is 73.6 Å². The van der Waals surface area contributed by atoms with Crippen LogP contribution >= 0.6 is 0 Å². The van der Waals surface area contributed by atoms with Crippen molar-refractivity contribution in [1.29, 1.82) is 0 Å². The Morgan fingerprint density at radius 1 is 1.38 bits per heavy atom. The molecule has 0 radical (unpaired) electrons. The van der Waals surface area contributed by atoms with Gasteiger partial charge >= 0.3 is 0 Å². The molecule has 0 saturated heterocycles. The summed E-state index contributed by atoms with van der Waals surface area (Å²) in [5, 5.41) is 3.34. The molecule has 1 aliphatic rings. The predicted octanol–water partition coefficient (Wildman–Crippen LogP) is 1.98. The van der Waals surface area contributed by atoms with E-state index in [2.05, 4.69) is 12.2 Å². The van der Waals surface area contributed by atoms with Gasteiger partial charge in [0.2, 0.25) is 5.91 Å². The van der Waals surface area contributed by atoms with Crippen LogP contribution in [0.3, 0.4) is 0 Å². The van der Waals surface area contributed by atoms with Crippen molar-refractivity contribution < 1.29 is 14.3 Å². The summed E-state index contributed by atoms with van der Waals surface area (Å²) in [6.07, 6.45) is 4.49. The van der Waals surface area contributed by atoms with E-state index < -0.39 is 5.54 Å². The van der Waals surface area contributed by atoms with Gasteiger partial charge in [-0.1, -0.05) is 6.92 Å². The van der Waals surface area contributed by atoms with Gasteiger partial charge in [0.15, 0.2) is 0 Å². The summed E-state index contributed by atoms with van der Waals surface area (Å²) in [6.45, 7) is 10.1. The number of hydrogen-bond donors (Lipinski definition) is 2. The summed E-state index contributed by atoms with van der Waals surface area (Å²) < 4.78 is 11.5. The van der Waals surface area contributed by atoms with Crippen molar-refractivity contribution in [2.75, 3.05) is 19.8 Å². The molecule has 3 N–H and O–H groups in total. The average molecular weight is 300 g/mol. The van der Waals surface area contributed by atoms with Crippen LogP contribution in [0.2, 0.25) is 0 Å². The summed E-state index contributed by atoms with van der Waals surface area (Å²) in [4.78, 5) is 11.9. The maximum absolute atomic E-state index is 11.9. The number of primary amides is 1. The highest BCUT2D eigenvalue weighted by Crippen LogP contribution is 2.30. The average Bonchev–Trinajstić information content (AvgIpc) is 2.40. The van der Waals surface area contributed by atoms with Crippen LogP contribution in [0.25, 0.3) is 0 Å². The minimum atomic E-state index is -0.593. The van der Waals surface area contributed by atoms with E-state index in [1.165, 1.54) is 0 Å². The first-order valence-electron chi connectivity index (χ1n) is 8.09. The van der Waals surface area contributed by atoms with Crippen molar-refractivity contribution in [3.63, 3.8) is 0 Å². The number of nitrogens with two attached hydrogens (primary N) is 1. The molecule has 1 fully saturated rings. The van der Waals surface area contributed by atoms with Gasteiger partial charge in [-0.15, -0.1) is 0 Å². The Labute approximate surface area is 128 Å². The fourth-order valence-corrected chi connectivity index (χ4v) is 2.76. The molecule has 2 atom stereocenters. The number of carbonyl (C=O) groups excluding carboxylic acids is 1. The van der Waals surface area contributed by atoms with Crippen molar-refractivity contribution in [1.82, 2.24) is 5.32 Å². The van der Waals surface area contributed by atoms with Crippen molar-refractivity contribution in [3.8, 4) is 0 Å². The zero-order valence-electron chi connectivity index (χ0n) is 14.0. The number of hydrogen-bond acceptors (Lipinski definition) is 4. The molecule has 2 unspecified atom stereocenters. The van der Waals surface area contributed by atoms with Gasteiger partial charge in [0.25, 0.3) is 0 Å². The third-order valence-electron chi connectivity index (χ3n) is 3.86. The van der Waals surface area contributed by atoms with Crippen LogP contribution in [0.5, 0.6) is 0 Å².